The molecule has 2 heterocycles. The second kappa shape index (κ2) is 7.39. The molecule has 27 heavy (non-hydrogen) atoms. The lowest BCUT2D eigenvalue weighted by Gasteiger charge is -2.39. The monoisotopic (exact) mass is 383 g/mol. The molecule has 2 saturated heterocycles. The molecular weight excluding hydrogens is 366 g/mol. The number of aliphatic hydroxyl groups excluding tert-OH is 2. The van der Waals surface area contributed by atoms with Crippen LogP contribution in [0.3, 0.4) is 0 Å². The number of aliphatic hydroxyl groups is 2. The average molecular weight is 383 g/mol. The number of aromatic hydroxyl groups is 1. The van der Waals surface area contributed by atoms with Crippen molar-refractivity contribution in [2.45, 2.75) is 37.1 Å². The van der Waals surface area contributed by atoms with Crippen LogP contribution in [0.15, 0.2) is 24.3 Å². The summed E-state index contributed by atoms with van der Waals surface area (Å²) in [6.07, 6.45) is -8.57. The van der Waals surface area contributed by atoms with Gasteiger partial charge < -0.3 is 34.6 Å². The number of esters is 1. The number of rotatable bonds is 5. The van der Waals surface area contributed by atoms with Gasteiger partial charge >= 0.3 is 18.0 Å². The minimum absolute atomic E-state index is 0.0696. The number of carbonyl (C=O) groups excluding carboxylic acids is 2. The Labute approximate surface area is 152 Å². The molecule has 1 aromatic carbocycles. The summed E-state index contributed by atoms with van der Waals surface area (Å²) < 4.78 is 15.4. The molecule has 4 N–H and O–H groups in total. The SMILES string of the molecule is O=C(O)CC(=O)OCC1OC2C(OC(=O)N2c2ccccc2O)C(O)C1O. The highest BCUT2D eigenvalue weighted by Gasteiger charge is 2.55. The largest absolute Gasteiger partial charge is 0.506 e. The van der Waals surface area contributed by atoms with Crippen LogP contribution in [0.4, 0.5) is 10.5 Å². The Morgan fingerprint density at radius 3 is 2.56 bits per heavy atom. The number of hydrogen-bond donors (Lipinski definition) is 4. The predicted octanol–water partition coefficient (Wildman–Crippen LogP) is -0.818. The van der Waals surface area contributed by atoms with Crippen LogP contribution in [0.5, 0.6) is 5.75 Å². The molecule has 5 unspecified atom stereocenters. The van der Waals surface area contributed by atoms with Crippen molar-refractivity contribution in [3.63, 3.8) is 0 Å². The van der Waals surface area contributed by atoms with E-state index in [4.69, 9.17) is 19.3 Å². The molecule has 0 aromatic heterocycles. The number of benzene rings is 1. The van der Waals surface area contributed by atoms with Crippen molar-refractivity contribution in [3.8, 4) is 5.75 Å². The molecule has 0 radical (unpaired) electrons. The number of para-hydroxylation sites is 2. The minimum Gasteiger partial charge on any atom is -0.506 e. The quantitative estimate of drug-likeness (QED) is 0.373. The van der Waals surface area contributed by atoms with Crippen LogP contribution >= 0.6 is 0 Å². The van der Waals surface area contributed by atoms with Crippen molar-refractivity contribution in [3.05, 3.63) is 24.3 Å². The fraction of sp³-hybridized carbons (Fsp3) is 0.438. The summed E-state index contributed by atoms with van der Waals surface area (Å²) in [6, 6.07) is 5.88. The highest BCUT2D eigenvalue weighted by atomic mass is 16.6. The van der Waals surface area contributed by atoms with Gasteiger partial charge in [-0.25, -0.2) is 9.69 Å². The van der Waals surface area contributed by atoms with E-state index in [1.54, 1.807) is 12.1 Å². The first-order valence-corrected chi connectivity index (χ1v) is 7.96. The Kier molecular flexibility index (Phi) is 5.17. The van der Waals surface area contributed by atoms with Crippen LogP contribution in [0.2, 0.25) is 0 Å². The third-order valence-electron chi connectivity index (χ3n) is 4.20. The van der Waals surface area contributed by atoms with Crippen molar-refractivity contribution in [2.24, 2.45) is 0 Å². The smallest absolute Gasteiger partial charge is 0.417 e. The number of hydrogen-bond acceptors (Lipinski definition) is 9. The van der Waals surface area contributed by atoms with Gasteiger partial charge in [0.25, 0.3) is 0 Å². The normalized spacial score (nSPS) is 29.8. The minimum atomic E-state index is -1.55. The summed E-state index contributed by atoms with van der Waals surface area (Å²) in [7, 11) is 0. The number of phenolic OH excluding ortho intramolecular Hbond substituents is 1. The number of carboxylic acid groups (broad SMARTS) is 1. The van der Waals surface area contributed by atoms with Crippen LogP contribution in [-0.4, -0.2) is 75.7 Å². The van der Waals surface area contributed by atoms with E-state index in [2.05, 4.69) is 0 Å². The van der Waals surface area contributed by atoms with Crippen LogP contribution in [0.1, 0.15) is 6.42 Å². The van der Waals surface area contributed by atoms with Gasteiger partial charge in [-0.3, -0.25) is 9.59 Å². The molecule has 0 aliphatic carbocycles. The zero-order chi connectivity index (χ0) is 19.7. The number of anilines is 1. The lowest BCUT2D eigenvalue weighted by molar-refractivity contribution is -0.215. The van der Waals surface area contributed by atoms with Crippen molar-refractivity contribution >= 4 is 23.7 Å². The summed E-state index contributed by atoms with van der Waals surface area (Å²) >= 11 is 0. The van der Waals surface area contributed by atoms with E-state index < -0.39 is 61.7 Å². The first kappa shape index (κ1) is 18.9. The van der Waals surface area contributed by atoms with Crippen molar-refractivity contribution < 1.29 is 49.0 Å². The van der Waals surface area contributed by atoms with Gasteiger partial charge in [0.2, 0.25) is 0 Å². The molecule has 11 heteroatoms. The molecule has 0 bridgehead atoms. The van der Waals surface area contributed by atoms with E-state index in [0.717, 1.165) is 4.90 Å². The van der Waals surface area contributed by atoms with Crippen molar-refractivity contribution in [1.82, 2.24) is 0 Å². The summed E-state index contributed by atoms with van der Waals surface area (Å²) in [4.78, 5) is 35.0. The molecule has 5 atom stereocenters. The first-order chi connectivity index (χ1) is 12.8. The molecule has 2 aliphatic rings. The molecular formula is C16H17NO10. The maximum absolute atomic E-state index is 12.2. The fourth-order valence-corrected chi connectivity index (χ4v) is 2.92. The Bertz CT molecular complexity index is 752. The number of fused-ring (bicyclic) bond motifs is 1. The van der Waals surface area contributed by atoms with E-state index >= 15 is 0 Å². The fourth-order valence-electron chi connectivity index (χ4n) is 2.92. The van der Waals surface area contributed by atoms with Crippen LogP contribution in [-0.2, 0) is 23.8 Å². The summed E-state index contributed by atoms with van der Waals surface area (Å²) in [5, 5.41) is 38.9. The molecule has 2 fully saturated rings. The highest BCUT2D eigenvalue weighted by molar-refractivity contribution is 5.92. The van der Waals surface area contributed by atoms with Crippen LogP contribution in [0, 0.1) is 0 Å². The predicted molar refractivity (Wildman–Crippen MR) is 84.7 cm³/mol. The standard InChI is InChI=1S/C16H17NO10/c18-8-4-2-1-3-7(8)17-15-14(27-16(17)24)13(23)12(22)9(26-15)6-25-11(21)5-10(19)20/h1-4,9,12-15,18,22-23H,5-6H2,(H,19,20). The van der Waals surface area contributed by atoms with Gasteiger partial charge in [-0.05, 0) is 12.1 Å². The van der Waals surface area contributed by atoms with Crippen LogP contribution in [0.25, 0.3) is 0 Å². The molecule has 146 valence electrons. The Morgan fingerprint density at radius 2 is 1.89 bits per heavy atom. The van der Waals surface area contributed by atoms with Gasteiger partial charge in [-0.1, -0.05) is 12.1 Å². The summed E-state index contributed by atoms with van der Waals surface area (Å²) in [5.74, 6) is -2.67. The number of ether oxygens (including phenoxy) is 3. The molecule has 0 spiro atoms. The number of amides is 1. The number of nitrogens with zero attached hydrogens (tertiary/aromatic N) is 1. The number of aliphatic carboxylic acids is 1. The van der Waals surface area contributed by atoms with Crippen molar-refractivity contribution in [2.75, 3.05) is 11.5 Å². The Hall–Kier alpha value is -2.89. The van der Waals surface area contributed by atoms with Gasteiger partial charge in [-0.15, -0.1) is 0 Å². The van der Waals surface area contributed by atoms with Gasteiger partial charge in [0.05, 0.1) is 5.69 Å². The Morgan fingerprint density at radius 1 is 1.19 bits per heavy atom. The lowest BCUT2D eigenvalue weighted by atomic mass is 9.98. The topological polar surface area (TPSA) is 163 Å². The maximum atomic E-state index is 12.2. The Balaban J connectivity index is 1.78. The second-order valence-electron chi connectivity index (χ2n) is 6.01. The van der Waals surface area contributed by atoms with Gasteiger partial charge in [0, 0.05) is 0 Å². The lowest BCUT2D eigenvalue weighted by Crippen LogP contribution is -2.60. The average Bonchev–Trinajstić information content (AvgIpc) is 2.93. The molecule has 3 rings (SSSR count). The zero-order valence-electron chi connectivity index (χ0n) is 13.8. The van der Waals surface area contributed by atoms with E-state index in [1.165, 1.54) is 12.1 Å². The molecule has 11 nitrogen and oxygen atoms in total. The van der Waals surface area contributed by atoms with E-state index in [1.807, 2.05) is 0 Å². The maximum Gasteiger partial charge on any atom is 0.417 e. The molecule has 2 aliphatic heterocycles. The highest BCUT2D eigenvalue weighted by Crippen LogP contribution is 2.38. The zero-order valence-corrected chi connectivity index (χ0v) is 13.8. The summed E-state index contributed by atoms with van der Waals surface area (Å²) in [5.41, 5.74) is 0.0696. The van der Waals surface area contributed by atoms with Gasteiger partial charge in [0.15, 0.2) is 12.3 Å². The van der Waals surface area contributed by atoms with Gasteiger partial charge in [-0.2, -0.15) is 0 Å². The van der Waals surface area contributed by atoms with Gasteiger partial charge in [0.1, 0.15) is 37.1 Å². The van der Waals surface area contributed by atoms with Crippen molar-refractivity contribution in [1.29, 1.82) is 0 Å². The van der Waals surface area contributed by atoms with Crippen LogP contribution < -0.4 is 4.90 Å². The van der Waals surface area contributed by atoms with E-state index in [9.17, 15) is 29.7 Å². The second-order valence-corrected chi connectivity index (χ2v) is 6.01. The first-order valence-electron chi connectivity index (χ1n) is 7.96. The summed E-state index contributed by atoms with van der Waals surface area (Å²) in [6.45, 7) is -0.545. The number of phenols is 1. The van der Waals surface area contributed by atoms with E-state index in [-0.39, 0.29) is 11.4 Å². The van der Waals surface area contributed by atoms with E-state index in [0.29, 0.717) is 0 Å². The third kappa shape index (κ3) is 3.65. The third-order valence-corrected chi connectivity index (χ3v) is 4.20. The number of carboxylic acids is 1. The molecule has 0 saturated carbocycles. The molecule has 1 aromatic rings. The number of carbonyl (C=O) groups is 3. The molecule has 1 amide bonds.